The Labute approximate surface area is 125 Å². The number of hydrogen-bond acceptors (Lipinski definition) is 1. The zero-order valence-corrected chi connectivity index (χ0v) is 14.1. The van der Waals surface area contributed by atoms with Gasteiger partial charge in [-0.2, -0.15) is 0 Å². The van der Waals surface area contributed by atoms with Gasteiger partial charge in [0.25, 0.3) is 0 Å². The summed E-state index contributed by atoms with van der Waals surface area (Å²) in [6.45, 7) is 6.67. The molecule has 2 heteroatoms. The molecule has 1 rings (SSSR count). The molecule has 0 aliphatic carbocycles. The van der Waals surface area contributed by atoms with E-state index in [0.717, 1.165) is 10.8 Å². The van der Waals surface area contributed by atoms with Gasteiger partial charge in [0.2, 0.25) is 0 Å². The van der Waals surface area contributed by atoms with Crippen LogP contribution in [0.1, 0.15) is 37.8 Å². The monoisotopic (exact) mass is 357 g/mol. The molecule has 0 aliphatic rings. The molecule has 0 aromatic heterocycles. The first kappa shape index (κ1) is 15.7. The van der Waals surface area contributed by atoms with E-state index in [1.54, 1.807) is 0 Å². The van der Waals surface area contributed by atoms with Crippen LogP contribution in [0.15, 0.2) is 29.3 Å². The highest BCUT2D eigenvalue weighted by Crippen LogP contribution is 2.33. The minimum Gasteiger partial charge on any atom is -0.297 e. The molecule has 1 unspecified atom stereocenters. The Hall–Kier alpha value is -0.380. The number of rotatable bonds is 6. The van der Waals surface area contributed by atoms with Crippen LogP contribution in [-0.2, 0) is 6.42 Å². The van der Waals surface area contributed by atoms with Crippen LogP contribution in [0.4, 0.5) is 0 Å². The van der Waals surface area contributed by atoms with Gasteiger partial charge in [-0.1, -0.05) is 53.8 Å². The lowest BCUT2D eigenvalue weighted by atomic mass is 9.77. The van der Waals surface area contributed by atoms with Crippen molar-refractivity contribution in [2.24, 2.45) is 10.4 Å². The largest absolute Gasteiger partial charge is 0.297 e. The van der Waals surface area contributed by atoms with Gasteiger partial charge in [-0.25, -0.2) is 0 Å². The molecule has 100 valence electrons. The van der Waals surface area contributed by atoms with E-state index in [4.69, 9.17) is 0 Å². The Bertz CT molecular complexity index is 405. The van der Waals surface area contributed by atoms with E-state index in [2.05, 4.69) is 72.6 Å². The van der Waals surface area contributed by atoms with Crippen LogP contribution in [0.3, 0.4) is 0 Å². The number of halogens is 1. The second-order valence-electron chi connectivity index (χ2n) is 5.00. The summed E-state index contributed by atoms with van der Waals surface area (Å²) in [5.41, 5.74) is 4.46. The number of aryl methyl sites for hydroxylation is 2. The molecule has 0 spiro atoms. The highest BCUT2D eigenvalue weighted by Gasteiger charge is 2.29. The summed E-state index contributed by atoms with van der Waals surface area (Å²) in [5.74, 6) is 0. The number of aliphatic imine (C=N–C) groups is 1. The van der Waals surface area contributed by atoms with E-state index in [9.17, 15) is 0 Å². The average Bonchev–Trinajstić information content (AvgIpc) is 2.41. The standard InChI is InChI=1S/C16H24IN/c1-5-16(12-17,14(3)18-4)11-10-15-9-7-6-8-13(15)2/h6-9H,5,10-12H2,1-4H3. The van der Waals surface area contributed by atoms with Crippen LogP contribution in [0.2, 0.25) is 0 Å². The fourth-order valence-corrected chi connectivity index (χ4v) is 3.85. The molecule has 0 aliphatic heterocycles. The van der Waals surface area contributed by atoms with Crippen LogP contribution in [0.5, 0.6) is 0 Å². The lowest BCUT2D eigenvalue weighted by Crippen LogP contribution is -2.31. The molecule has 0 N–H and O–H groups in total. The Balaban J connectivity index is 2.84. The third-order valence-corrected chi connectivity index (χ3v) is 5.63. The van der Waals surface area contributed by atoms with Gasteiger partial charge in [0.15, 0.2) is 0 Å². The minimum atomic E-state index is 0.275. The first-order valence-corrected chi connectivity index (χ1v) is 8.16. The maximum absolute atomic E-state index is 4.45. The summed E-state index contributed by atoms with van der Waals surface area (Å²) < 4.78 is 1.15. The van der Waals surface area contributed by atoms with Crippen molar-refractivity contribution in [1.29, 1.82) is 0 Å². The Morgan fingerprint density at radius 3 is 2.50 bits per heavy atom. The van der Waals surface area contributed by atoms with Gasteiger partial charge in [-0.15, -0.1) is 0 Å². The van der Waals surface area contributed by atoms with E-state index in [1.807, 2.05) is 7.05 Å². The maximum Gasteiger partial charge on any atom is 0.0276 e. The van der Waals surface area contributed by atoms with E-state index in [1.165, 1.54) is 29.7 Å². The number of hydrogen-bond donors (Lipinski definition) is 0. The molecule has 0 saturated heterocycles. The van der Waals surface area contributed by atoms with Crippen molar-refractivity contribution in [3.05, 3.63) is 35.4 Å². The van der Waals surface area contributed by atoms with E-state index < -0.39 is 0 Å². The SMILES string of the molecule is CCC(CI)(CCc1ccccc1C)C(C)=NC. The summed E-state index contributed by atoms with van der Waals surface area (Å²) in [4.78, 5) is 4.45. The van der Waals surface area contributed by atoms with Crippen molar-refractivity contribution < 1.29 is 0 Å². The highest BCUT2D eigenvalue weighted by atomic mass is 127. The van der Waals surface area contributed by atoms with Crippen molar-refractivity contribution in [3.63, 3.8) is 0 Å². The Kier molecular flexibility index (Phi) is 6.33. The van der Waals surface area contributed by atoms with Crippen molar-refractivity contribution in [3.8, 4) is 0 Å². The first-order chi connectivity index (χ1) is 8.59. The number of benzene rings is 1. The molecule has 0 heterocycles. The second kappa shape index (κ2) is 7.27. The van der Waals surface area contributed by atoms with Crippen molar-refractivity contribution in [1.82, 2.24) is 0 Å². The summed E-state index contributed by atoms with van der Waals surface area (Å²) in [5, 5.41) is 0. The normalized spacial score (nSPS) is 15.5. The molecule has 0 saturated carbocycles. The van der Waals surface area contributed by atoms with Gasteiger partial charge in [0.05, 0.1) is 0 Å². The minimum absolute atomic E-state index is 0.275. The summed E-state index contributed by atoms with van der Waals surface area (Å²) in [6, 6.07) is 8.71. The van der Waals surface area contributed by atoms with Crippen LogP contribution < -0.4 is 0 Å². The van der Waals surface area contributed by atoms with Crippen molar-refractivity contribution in [2.45, 2.75) is 40.0 Å². The lowest BCUT2D eigenvalue weighted by Gasteiger charge is -2.31. The lowest BCUT2D eigenvalue weighted by molar-refractivity contribution is 0.425. The zero-order chi connectivity index (χ0) is 13.6. The second-order valence-corrected chi connectivity index (χ2v) is 5.77. The summed E-state index contributed by atoms with van der Waals surface area (Å²) in [7, 11) is 1.92. The number of alkyl halides is 1. The topological polar surface area (TPSA) is 12.4 Å². The summed E-state index contributed by atoms with van der Waals surface area (Å²) in [6.07, 6.45) is 3.52. The Morgan fingerprint density at radius 2 is 2.00 bits per heavy atom. The molecule has 0 bridgehead atoms. The predicted octanol–water partition coefficient (Wildman–Crippen LogP) is 4.85. The van der Waals surface area contributed by atoms with Gasteiger partial charge >= 0.3 is 0 Å². The van der Waals surface area contributed by atoms with E-state index in [0.29, 0.717) is 0 Å². The Morgan fingerprint density at radius 1 is 1.33 bits per heavy atom. The molecular weight excluding hydrogens is 333 g/mol. The predicted molar refractivity (Wildman–Crippen MR) is 90.1 cm³/mol. The van der Waals surface area contributed by atoms with Crippen LogP contribution >= 0.6 is 22.6 Å². The highest BCUT2D eigenvalue weighted by molar-refractivity contribution is 14.1. The van der Waals surface area contributed by atoms with Gasteiger partial charge in [0.1, 0.15) is 0 Å². The maximum atomic E-state index is 4.45. The van der Waals surface area contributed by atoms with Gasteiger partial charge in [-0.05, 0) is 44.2 Å². The van der Waals surface area contributed by atoms with Crippen molar-refractivity contribution in [2.75, 3.05) is 11.5 Å². The number of nitrogens with zero attached hydrogens (tertiary/aromatic N) is 1. The fraction of sp³-hybridized carbons (Fsp3) is 0.562. The molecule has 0 amide bonds. The molecule has 1 atom stereocenters. The van der Waals surface area contributed by atoms with E-state index >= 15 is 0 Å². The van der Waals surface area contributed by atoms with Crippen LogP contribution in [0.25, 0.3) is 0 Å². The van der Waals surface area contributed by atoms with Gasteiger partial charge < -0.3 is 0 Å². The van der Waals surface area contributed by atoms with Crippen molar-refractivity contribution >= 4 is 28.3 Å². The molecule has 0 fully saturated rings. The zero-order valence-electron chi connectivity index (χ0n) is 12.0. The van der Waals surface area contributed by atoms with Crippen LogP contribution in [-0.4, -0.2) is 17.2 Å². The molecule has 18 heavy (non-hydrogen) atoms. The molecule has 0 radical (unpaired) electrons. The average molecular weight is 357 g/mol. The first-order valence-electron chi connectivity index (χ1n) is 6.64. The molecular formula is C16H24IN. The molecule has 1 aromatic rings. The molecule has 1 aromatic carbocycles. The smallest absolute Gasteiger partial charge is 0.0276 e. The van der Waals surface area contributed by atoms with Gasteiger partial charge in [-0.3, -0.25) is 4.99 Å². The molecule has 1 nitrogen and oxygen atoms in total. The van der Waals surface area contributed by atoms with Crippen LogP contribution in [0, 0.1) is 12.3 Å². The van der Waals surface area contributed by atoms with E-state index in [-0.39, 0.29) is 5.41 Å². The third kappa shape index (κ3) is 3.56. The quantitative estimate of drug-likeness (QED) is 0.392. The summed E-state index contributed by atoms with van der Waals surface area (Å²) >= 11 is 2.51. The third-order valence-electron chi connectivity index (χ3n) is 4.17. The fourth-order valence-electron chi connectivity index (χ4n) is 2.37. The van der Waals surface area contributed by atoms with Gasteiger partial charge in [0, 0.05) is 22.6 Å².